The van der Waals surface area contributed by atoms with E-state index in [1.165, 1.54) is 0 Å². The Morgan fingerprint density at radius 3 is 2.29 bits per heavy atom. The van der Waals surface area contributed by atoms with E-state index >= 15 is 0 Å². The number of anilines is 1. The van der Waals surface area contributed by atoms with Gasteiger partial charge in [-0.1, -0.05) is 23.7 Å². The van der Waals surface area contributed by atoms with Crippen LogP contribution in [-0.2, 0) is 22.4 Å². The largest absolute Gasteiger partial charge is 0.369 e. The molecule has 0 saturated carbocycles. The van der Waals surface area contributed by atoms with Crippen LogP contribution < -0.4 is 11.1 Å². The number of rotatable bonds is 6. The van der Waals surface area contributed by atoms with Gasteiger partial charge >= 0.3 is 0 Å². The SMILES string of the molecule is Cc1nn(-c2ccc(Cl)cc2)c(C)c1CC(=O)Nc1ccc(CC(N)=O)cc1. The summed E-state index contributed by atoms with van der Waals surface area (Å²) in [6.45, 7) is 3.83. The molecule has 6 nitrogen and oxygen atoms in total. The predicted octanol–water partition coefficient (Wildman–Crippen LogP) is 3.35. The average molecular weight is 397 g/mol. The summed E-state index contributed by atoms with van der Waals surface area (Å²) in [7, 11) is 0. The normalized spacial score (nSPS) is 10.7. The fourth-order valence-electron chi connectivity index (χ4n) is 3.04. The number of nitrogens with two attached hydrogens (primary N) is 1. The Morgan fingerprint density at radius 1 is 1.04 bits per heavy atom. The lowest BCUT2D eigenvalue weighted by molar-refractivity contribution is -0.117. The van der Waals surface area contributed by atoms with Crippen LogP contribution in [-0.4, -0.2) is 21.6 Å². The molecule has 3 aromatic rings. The number of benzene rings is 2. The highest BCUT2D eigenvalue weighted by Crippen LogP contribution is 2.20. The van der Waals surface area contributed by atoms with Crippen LogP contribution >= 0.6 is 11.6 Å². The molecule has 0 spiro atoms. The molecule has 0 aliphatic rings. The molecule has 0 atom stereocenters. The van der Waals surface area contributed by atoms with Crippen molar-refractivity contribution >= 4 is 29.1 Å². The van der Waals surface area contributed by atoms with Crippen molar-refractivity contribution in [2.75, 3.05) is 5.32 Å². The summed E-state index contributed by atoms with van der Waals surface area (Å²) in [5.41, 5.74) is 10.1. The number of hydrogen-bond donors (Lipinski definition) is 2. The minimum absolute atomic E-state index is 0.135. The van der Waals surface area contributed by atoms with Gasteiger partial charge in [0.2, 0.25) is 11.8 Å². The van der Waals surface area contributed by atoms with Crippen molar-refractivity contribution in [3.8, 4) is 5.69 Å². The van der Waals surface area contributed by atoms with Crippen molar-refractivity contribution in [2.45, 2.75) is 26.7 Å². The first-order valence-electron chi connectivity index (χ1n) is 8.81. The van der Waals surface area contributed by atoms with Gasteiger partial charge in [-0.3, -0.25) is 9.59 Å². The number of aromatic nitrogens is 2. The summed E-state index contributed by atoms with van der Waals surface area (Å²) in [4.78, 5) is 23.5. The molecule has 144 valence electrons. The molecule has 1 aromatic heterocycles. The molecule has 0 radical (unpaired) electrons. The molecule has 3 N–H and O–H groups in total. The summed E-state index contributed by atoms with van der Waals surface area (Å²) >= 11 is 5.95. The third-order valence-corrected chi connectivity index (χ3v) is 4.72. The summed E-state index contributed by atoms with van der Waals surface area (Å²) < 4.78 is 1.81. The number of hydrogen-bond acceptors (Lipinski definition) is 3. The van der Waals surface area contributed by atoms with Crippen molar-refractivity contribution in [3.05, 3.63) is 76.1 Å². The second kappa shape index (κ2) is 8.27. The predicted molar refractivity (Wildman–Crippen MR) is 110 cm³/mol. The van der Waals surface area contributed by atoms with Gasteiger partial charge in [0.05, 0.1) is 24.2 Å². The highest BCUT2D eigenvalue weighted by Gasteiger charge is 2.16. The Hall–Kier alpha value is -3.12. The van der Waals surface area contributed by atoms with E-state index in [4.69, 9.17) is 17.3 Å². The molecule has 0 aliphatic heterocycles. The maximum atomic E-state index is 12.5. The van der Waals surface area contributed by atoms with Gasteiger partial charge in [0.1, 0.15) is 0 Å². The van der Waals surface area contributed by atoms with Gasteiger partial charge in [-0.2, -0.15) is 5.10 Å². The van der Waals surface area contributed by atoms with E-state index in [1.54, 1.807) is 24.3 Å². The Bertz CT molecular complexity index is 1010. The highest BCUT2D eigenvalue weighted by molar-refractivity contribution is 6.30. The van der Waals surface area contributed by atoms with Gasteiger partial charge in [0, 0.05) is 22.0 Å². The van der Waals surface area contributed by atoms with E-state index < -0.39 is 0 Å². The van der Waals surface area contributed by atoms with Crippen LogP contribution in [0.4, 0.5) is 5.69 Å². The Kier molecular flexibility index (Phi) is 5.80. The van der Waals surface area contributed by atoms with Gasteiger partial charge in [0.15, 0.2) is 0 Å². The van der Waals surface area contributed by atoms with E-state index in [2.05, 4.69) is 10.4 Å². The van der Waals surface area contributed by atoms with Crippen molar-refractivity contribution in [1.82, 2.24) is 9.78 Å². The van der Waals surface area contributed by atoms with Crippen molar-refractivity contribution in [3.63, 3.8) is 0 Å². The molecular weight excluding hydrogens is 376 g/mol. The fraction of sp³-hybridized carbons (Fsp3) is 0.190. The maximum Gasteiger partial charge on any atom is 0.228 e. The number of halogens is 1. The standard InChI is InChI=1S/C21H21ClN4O2/c1-13-19(14(2)26(25-13)18-9-5-16(22)6-10-18)12-21(28)24-17-7-3-15(4-8-17)11-20(23)27/h3-10H,11-12H2,1-2H3,(H2,23,27)(H,24,28). The summed E-state index contributed by atoms with van der Waals surface area (Å²) in [6, 6.07) is 14.5. The van der Waals surface area contributed by atoms with E-state index in [1.807, 2.05) is 42.8 Å². The van der Waals surface area contributed by atoms with E-state index in [-0.39, 0.29) is 24.7 Å². The van der Waals surface area contributed by atoms with Crippen molar-refractivity contribution < 1.29 is 9.59 Å². The second-order valence-electron chi connectivity index (χ2n) is 6.60. The number of carbonyl (C=O) groups excluding carboxylic acids is 2. The smallest absolute Gasteiger partial charge is 0.228 e. The van der Waals surface area contributed by atoms with Crippen LogP contribution in [0.5, 0.6) is 0 Å². The first kappa shape index (κ1) is 19.6. The molecule has 0 aliphatic carbocycles. The third-order valence-electron chi connectivity index (χ3n) is 4.47. The number of nitrogens with zero attached hydrogens (tertiary/aromatic N) is 2. The van der Waals surface area contributed by atoms with Crippen LogP contribution in [0.3, 0.4) is 0 Å². The Morgan fingerprint density at radius 2 is 1.68 bits per heavy atom. The fourth-order valence-corrected chi connectivity index (χ4v) is 3.16. The second-order valence-corrected chi connectivity index (χ2v) is 7.04. The van der Waals surface area contributed by atoms with Crippen LogP contribution in [0.1, 0.15) is 22.5 Å². The first-order valence-corrected chi connectivity index (χ1v) is 9.19. The summed E-state index contributed by atoms with van der Waals surface area (Å²) in [5, 5.41) is 8.09. The molecule has 7 heteroatoms. The van der Waals surface area contributed by atoms with Crippen molar-refractivity contribution in [2.24, 2.45) is 5.73 Å². The summed E-state index contributed by atoms with van der Waals surface area (Å²) in [5.74, 6) is -0.523. The summed E-state index contributed by atoms with van der Waals surface area (Å²) in [6.07, 6.45) is 0.394. The average Bonchev–Trinajstić information content (AvgIpc) is 2.92. The molecule has 3 rings (SSSR count). The minimum atomic E-state index is -0.388. The zero-order valence-electron chi connectivity index (χ0n) is 15.7. The zero-order valence-corrected chi connectivity index (χ0v) is 16.5. The number of primary amides is 1. The lowest BCUT2D eigenvalue weighted by Gasteiger charge is -2.08. The van der Waals surface area contributed by atoms with Gasteiger partial charge in [-0.05, 0) is 55.8 Å². The number of amides is 2. The molecule has 0 fully saturated rings. The molecule has 0 saturated heterocycles. The number of nitrogens with one attached hydrogen (secondary N) is 1. The quantitative estimate of drug-likeness (QED) is 0.669. The molecule has 0 bridgehead atoms. The number of carbonyl (C=O) groups is 2. The molecule has 0 unspecified atom stereocenters. The van der Waals surface area contributed by atoms with Crippen LogP contribution in [0.15, 0.2) is 48.5 Å². The monoisotopic (exact) mass is 396 g/mol. The van der Waals surface area contributed by atoms with E-state index in [0.717, 1.165) is 28.2 Å². The molecule has 28 heavy (non-hydrogen) atoms. The molecule has 2 aromatic carbocycles. The molecule has 2 amide bonds. The van der Waals surface area contributed by atoms with Crippen molar-refractivity contribution in [1.29, 1.82) is 0 Å². The third kappa shape index (κ3) is 4.58. The maximum absolute atomic E-state index is 12.5. The Labute approximate surface area is 168 Å². The van der Waals surface area contributed by atoms with E-state index in [9.17, 15) is 9.59 Å². The van der Waals surface area contributed by atoms with Crippen LogP contribution in [0.2, 0.25) is 5.02 Å². The number of aryl methyl sites for hydroxylation is 1. The lowest BCUT2D eigenvalue weighted by atomic mass is 10.1. The van der Waals surface area contributed by atoms with Gasteiger partial charge in [-0.15, -0.1) is 0 Å². The van der Waals surface area contributed by atoms with Crippen LogP contribution in [0.25, 0.3) is 5.69 Å². The van der Waals surface area contributed by atoms with E-state index in [0.29, 0.717) is 10.7 Å². The first-order chi connectivity index (χ1) is 13.3. The highest BCUT2D eigenvalue weighted by atomic mass is 35.5. The zero-order chi connectivity index (χ0) is 20.3. The molecule has 1 heterocycles. The minimum Gasteiger partial charge on any atom is -0.369 e. The van der Waals surface area contributed by atoms with Gasteiger partial charge in [0.25, 0.3) is 0 Å². The lowest BCUT2D eigenvalue weighted by Crippen LogP contribution is -2.16. The van der Waals surface area contributed by atoms with Crippen LogP contribution in [0, 0.1) is 13.8 Å². The topological polar surface area (TPSA) is 90.0 Å². The molecular formula is C21H21ClN4O2. The van der Waals surface area contributed by atoms with Gasteiger partial charge in [-0.25, -0.2) is 4.68 Å². The van der Waals surface area contributed by atoms with Gasteiger partial charge < -0.3 is 11.1 Å². The Balaban J connectivity index is 1.72.